The minimum atomic E-state index is -0.373. The van der Waals surface area contributed by atoms with Crippen LogP contribution in [-0.4, -0.2) is 29.7 Å². The molecule has 0 radical (unpaired) electrons. The van der Waals surface area contributed by atoms with Crippen LogP contribution in [0.4, 0.5) is 0 Å². The van der Waals surface area contributed by atoms with Crippen LogP contribution in [0.25, 0.3) is 0 Å². The van der Waals surface area contributed by atoms with Gasteiger partial charge in [-0.3, -0.25) is 0 Å². The Hall–Kier alpha value is -0.0500. The van der Waals surface area contributed by atoms with E-state index < -0.39 is 0 Å². The van der Waals surface area contributed by atoms with Crippen LogP contribution in [0.5, 0.6) is 0 Å². The lowest BCUT2D eigenvalue weighted by Gasteiger charge is -2.11. The second kappa shape index (κ2) is 3.96. The first kappa shape index (κ1) is 8.05. The monoisotopic (exact) mass is 161 g/mol. The Bertz CT molecular complexity index is 127. The fourth-order valence-electron chi connectivity index (χ4n) is 1.04. The van der Waals surface area contributed by atoms with Gasteiger partial charge in [0.25, 0.3) is 0 Å². The molecule has 1 aliphatic rings. The van der Waals surface area contributed by atoms with Crippen molar-refractivity contribution in [1.29, 1.82) is 0 Å². The first-order valence-electron chi connectivity index (χ1n) is 3.47. The van der Waals surface area contributed by atoms with E-state index in [4.69, 9.17) is 16.7 Å². The summed E-state index contributed by atoms with van der Waals surface area (Å²) in [4.78, 5) is 0. The molecule has 0 aromatic carbocycles. The van der Waals surface area contributed by atoms with Crippen molar-refractivity contribution in [3.05, 3.63) is 12.2 Å². The summed E-state index contributed by atoms with van der Waals surface area (Å²) in [7, 11) is 0. The molecule has 2 nitrogen and oxygen atoms in total. The lowest BCUT2D eigenvalue weighted by molar-refractivity contribution is 0.180. The summed E-state index contributed by atoms with van der Waals surface area (Å²) in [6.07, 6.45) is 4.48. The molecule has 0 bridgehead atoms. The summed E-state index contributed by atoms with van der Waals surface area (Å²) < 4.78 is 0. The average Bonchev–Trinajstić information content (AvgIpc) is 2.40. The van der Waals surface area contributed by atoms with Gasteiger partial charge in [-0.2, -0.15) is 0 Å². The van der Waals surface area contributed by atoms with Gasteiger partial charge in [-0.1, -0.05) is 12.2 Å². The standard InChI is InChI=1S/C7H12ClNO/c8-5-7(10)4-6-2-1-3-9-6/h1-2,6-7,9-10H,3-5H2. The fraction of sp³-hybridized carbons (Fsp3) is 0.714. The van der Waals surface area contributed by atoms with Crippen molar-refractivity contribution in [3.8, 4) is 0 Å². The Morgan fingerprint density at radius 2 is 2.60 bits per heavy atom. The number of nitrogens with one attached hydrogen (secondary N) is 1. The Morgan fingerprint density at radius 1 is 1.80 bits per heavy atom. The van der Waals surface area contributed by atoms with Crippen LogP contribution in [0.15, 0.2) is 12.2 Å². The molecule has 2 atom stereocenters. The summed E-state index contributed by atoms with van der Waals surface area (Å²) in [5.74, 6) is 0.325. The molecule has 0 saturated carbocycles. The Kier molecular flexibility index (Phi) is 3.19. The second-order valence-electron chi connectivity index (χ2n) is 2.49. The molecule has 1 rings (SSSR count). The summed E-state index contributed by atoms with van der Waals surface area (Å²) in [6, 6.07) is 0.328. The van der Waals surface area contributed by atoms with Crippen LogP contribution in [-0.2, 0) is 0 Å². The molecule has 0 fully saturated rings. The van der Waals surface area contributed by atoms with Crippen LogP contribution in [0.1, 0.15) is 6.42 Å². The molecule has 0 saturated heterocycles. The summed E-state index contributed by atoms with van der Waals surface area (Å²) in [5.41, 5.74) is 0. The van der Waals surface area contributed by atoms with Crippen LogP contribution in [0.2, 0.25) is 0 Å². The molecular formula is C7H12ClNO. The number of halogens is 1. The van der Waals surface area contributed by atoms with Crippen molar-refractivity contribution in [1.82, 2.24) is 5.32 Å². The predicted octanol–water partition coefficient (Wildman–Crippen LogP) is 0.504. The van der Waals surface area contributed by atoms with Crippen molar-refractivity contribution in [2.45, 2.75) is 18.6 Å². The molecular weight excluding hydrogens is 150 g/mol. The van der Waals surface area contributed by atoms with E-state index in [2.05, 4.69) is 17.5 Å². The maximum absolute atomic E-state index is 9.11. The van der Waals surface area contributed by atoms with Gasteiger partial charge < -0.3 is 10.4 Å². The van der Waals surface area contributed by atoms with Crippen molar-refractivity contribution < 1.29 is 5.11 Å². The van der Waals surface area contributed by atoms with Crippen LogP contribution in [0.3, 0.4) is 0 Å². The molecule has 0 aliphatic carbocycles. The van der Waals surface area contributed by atoms with Crippen molar-refractivity contribution in [2.75, 3.05) is 12.4 Å². The largest absolute Gasteiger partial charge is 0.392 e. The molecule has 58 valence electrons. The zero-order valence-corrected chi connectivity index (χ0v) is 6.51. The summed E-state index contributed by atoms with van der Waals surface area (Å²) in [5, 5.41) is 12.3. The quantitative estimate of drug-likeness (QED) is 0.467. The topological polar surface area (TPSA) is 32.3 Å². The number of alkyl halides is 1. The molecule has 2 N–H and O–H groups in total. The Morgan fingerprint density at radius 3 is 3.10 bits per heavy atom. The van der Waals surface area contributed by atoms with Gasteiger partial charge in [-0.05, 0) is 6.42 Å². The van der Waals surface area contributed by atoms with Crippen molar-refractivity contribution >= 4 is 11.6 Å². The van der Waals surface area contributed by atoms with E-state index in [1.807, 2.05) is 0 Å². The predicted molar refractivity (Wildman–Crippen MR) is 42.3 cm³/mol. The number of aliphatic hydroxyl groups is 1. The third-order valence-corrected chi connectivity index (χ3v) is 1.93. The maximum Gasteiger partial charge on any atom is 0.0693 e. The first-order valence-corrected chi connectivity index (χ1v) is 4.00. The van der Waals surface area contributed by atoms with Crippen molar-refractivity contribution in [3.63, 3.8) is 0 Å². The fourth-order valence-corrected chi connectivity index (χ4v) is 1.16. The Labute approximate surface area is 65.9 Å². The molecule has 0 amide bonds. The van der Waals surface area contributed by atoms with Crippen LogP contribution in [0, 0.1) is 0 Å². The van der Waals surface area contributed by atoms with Crippen molar-refractivity contribution in [2.24, 2.45) is 0 Å². The van der Waals surface area contributed by atoms with Crippen LogP contribution < -0.4 is 5.32 Å². The molecule has 0 spiro atoms. The Balaban J connectivity index is 2.18. The van der Waals surface area contributed by atoms with E-state index in [0.717, 1.165) is 13.0 Å². The van der Waals surface area contributed by atoms with Gasteiger partial charge in [0.1, 0.15) is 0 Å². The van der Waals surface area contributed by atoms with Gasteiger partial charge in [-0.15, -0.1) is 11.6 Å². The normalized spacial score (nSPS) is 27.2. The third kappa shape index (κ3) is 2.29. The number of aliphatic hydroxyl groups excluding tert-OH is 1. The highest BCUT2D eigenvalue weighted by molar-refractivity contribution is 6.18. The zero-order chi connectivity index (χ0) is 7.40. The van der Waals surface area contributed by atoms with E-state index >= 15 is 0 Å². The lowest BCUT2D eigenvalue weighted by Crippen LogP contribution is -2.27. The molecule has 2 unspecified atom stereocenters. The van der Waals surface area contributed by atoms with Gasteiger partial charge in [0.2, 0.25) is 0 Å². The molecule has 1 aliphatic heterocycles. The highest BCUT2D eigenvalue weighted by Crippen LogP contribution is 2.04. The molecule has 10 heavy (non-hydrogen) atoms. The van der Waals surface area contributed by atoms with Gasteiger partial charge >= 0.3 is 0 Å². The highest BCUT2D eigenvalue weighted by Gasteiger charge is 2.12. The average molecular weight is 162 g/mol. The van der Waals surface area contributed by atoms with Gasteiger partial charge in [0, 0.05) is 18.5 Å². The van der Waals surface area contributed by atoms with Gasteiger partial charge in [-0.25, -0.2) is 0 Å². The minimum Gasteiger partial charge on any atom is -0.392 e. The molecule has 0 aromatic rings. The smallest absolute Gasteiger partial charge is 0.0693 e. The van der Waals surface area contributed by atoms with E-state index in [1.165, 1.54) is 0 Å². The third-order valence-electron chi connectivity index (χ3n) is 1.57. The number of hydrogen-bond donors (Lipinski definition) is 2. The first-order chi connectivity index (χ1) is 4.83. The number of rotatable bonds is 3. The van der Waals surface area contributed by atoms with E-state index in [1.54, 1.807) is 0 Å². The maximum atomic E-state index is 9.11. The van der Waals surface area contributed by atoms with E-state index in [9.17, 15) is 0 Å². The summed E-state index contributed by atoms with van der Waals surface area (Å²) in [6.45, 7) is 0.916. The molecule has 3 heteroatoms. The zero-order valence-electron chi connectivity index (χ0n) is 5.76. The van der Waals surface area contributed by atoms with Gasteiger partial charge in [0.05, 0.1) is 6.10 Å². The van der Waals surface area contributed by atoms with E-state index in [0.29, 0.717) is 11.9 Å². The lowest BCUT2D eigenvalue weighted by atomic mass is 10.1. The van der Waals surface area contributed by atoms with E-state index in [-0.39, 0.29) is 6.10 Å². The molecule has 0 aromatic heterocycles. The minimum absolute atomic E-state index is 0.325. The second-order valence-corrected chi connectivity index (χ2v) is 2.80. The van der Waals surface area contributed by atoms with Gasteiger partial charge in [0.15, 0.2) is 0 Å². The molecule has 1 heterocycles. The highest BCUT2D eigenvalue weighted by atomic mass is 35.5. The van der Waals surface area contributed by atoms with Crippen LogP contribution >= 0.6 is 11.6 Å². The number of hydrogen-bond acceptors (Lipinski definition) is 2. The summed E-state index contributed by atoms with van der Waals surface area (Å²) >= 11 is 5.43. The SMILES string of the molecule is OC(CCl)CC1C=CCN1.